The normalized spacial score (nSPS) is 11.0. The highest BCUT2D eigenvalue weighted by Gasteiger charge is 2.19. The molecule has 6 rings (SSSR count). The van der Waals surface area contributed by atoms with Crippen molar-refractivity contribution in [3.8, 4) is 11.8 Å². The number of ether oxygens (including phenoxy) is 1. The quantitative estimate of drug-likeness (QED) is 0.206. The number of aromatic nitrogens is 5. The predicted molar refractivity (Wildman–Crippen MR) is 148 cm³/mol. The van der Waals surface area contributed by atoms with E-state index in [1.807, 2.05) is 53.1 Å². The summed E-state index contributed by atoms with van der Waals surface area (Å²) in [6, 6.07) is 22.7. The number of nitrogens with one attached hydrogen (secondary N) is 2. The van der Waals surface area contributed by atoms with Crippen molar-refractivity contribution in [2.24, 2.45) is 5.73 Å². The topological polar surface area (TPSA) is 145 Å². The Labute approximate surface area is 222 Å². The largest absolute Gasteiger partial charge is 0.424 e. The maximum atomic E-state index is 13.5. The molecule has 0 spiro atoms. The van der Waals surface area contributed by atoms with E-state index < -0.39 is 0 Å². The minimum absolute atomic E-state index is 0.0583. The highest BCUT2D eigenvalue weighted by Crippen LogP contribution is 2.31. The third-order valence-electron chi connectivity index (χ3n) is 6.24. The molecule has 0 aliphatic heterocycles. The van der Waals surface area contributed by atoms with Gasteiger partial charge in [0, 0.05) is 47.8 Å². The lowest BCUT2D eigenvalue weighted by Gasteiger charge is -2.15. The molecule has 0 radical (unpaired) electrons. The molecule has 190 valence electrons. The Kier molecular flexibility index (Phi) is 6.10. The second-order valence-electron chi connectivity index (χ2n) is 8.77. The predicted octanol–water partition coefficient (Wildman–Crippen LogP) is 4.75. The number of benzene rings is 3. The Bertz CT molecular complexity index is 1840. The molecular formula is C29H22N8O2. The second kappa shape index (κ2) is 10.0. The molecule has 3 heterocycles. The molecule has 10 nitrogen and oxygen atoms in total. The van der Waals surface area contributed by atoms with Crippen LogP contribution in [-0.4, -0.2) is 36.2 Å². The van der Waals surface area contributed by atoms with Crippen molar-refractivity contribution in [2.45, 2.75) is 6.54 Å². The van der Waals surface area contributed by atoms with Gasteiger partial charge in [0.25, 0.3) is 5.91 Å². The minimum atomic E-state index is -0.365. The minimum Gasteiger partial charge on any atom is -0.424 e. The number of rotatable bonds is 7. The number of hydrogen-bond acceptors (Lipinski definition) is 7. The number of fused-ring (bicyclic) bond motifs is 2. The van der Waals surface area contributed by atoms with Gasteiger partial charge in [-0.15, -0.1) is 0 Å². The summed E-state index contributed by atoms with van der Waals surface area (Å²) in [4.78, 5) is 30.0. The summed E-state index contributed by atoms with van der Waals surface area (Å²) < 4.78 is 7.86. The van der Waals surface area contributed by atoms with E-state index in [0.717, 1.165) is 27.2 Å². The monoisotopic (exact) mass is 514 g/mol. The standard InChI is InChI=1S/C29H22N8O2/c30-26(31)20-8-7-19-15-25(27(38)36-28-32-9-3-10-33-28)37(24(19)16-20)17-21-14-22(39-29-34-11-4-12-35-29)13-18-5-1-2-6-23(18)21/h1-16H,17H2,(H3,30,31)(H,32,33,36,38). The van der Waals surface area contributed by atoms with E-state index >= 15 is 0 Å². The average molecular weight is 515 g/mol. The molecule has 0 aliphatic carbocycles. The third-order valence-corrected chi connectivity index (χ3v) is 6.24. The van der Waals surface area contributed by atoms with Gasteiger partial charge in [0.2, 0.25) is 5.95 Å². The summed E-state index contributed by atoms with van der Waals surface area (Å²) in [5.41, 5.74) is 8.42. The van der Waals surface area contributed by atoms with Crippen molar-refractivity contribution in [1.29, 1.82) is 5.41 Å². The molecule has 0 bridgehead atoms. The molecule has 0 saturated carbocycles. The first-order valence-corrected chi connectivity index (χ1v) is 12.1. The van der Waals surface area contributed by atoms with Crippen molar-refractivity contribution in [3.05, 3.63) is 114 Å². The first-order chi connectivity index (χ1) is 19.0. The molecular weight excluding hydrogens is 492 g/mol. The number of carbonyl (C=O) groups excluding carboxylic acids is 1. The van der Waals surface area contributed by atoms with Crippen LogP contribution < -0.4 is 15.8 Å². The van der Waals surface area contributed by atoms with Crippen LogP contribution in [0, 0.1) is 5.41 Å². The molecule has 4 N–H and O–H groups in total. The fourth-order valence-corrected chi connectivity index (χ4v) is 4.47. The van der Waals surface area contributed by atoms with Crippen molar-refractivity contribution < 1.29 is 9.53 Å². The Hall–Kier alpha value is -5.64. The average Bonchev–Trinajstić information content (AvgIpc) is 3.32. The molecule has 0 fully saturated rings. The summed E-state index contributed by atoms with van der Waals surface area (Å²) in [5.74, 6) is 0.347. The van der Waals surface area contributed by atoms with Crippen LogP contribution in [0.3, 0.4) is 0 Å². The van der Waals surface area contributed by atoms with Crippen molar-refractivity contribution in [1.82, 2.24) is 24.5 Å². The third kappa shape index (κ3) is 4.86. The van der Waals surface area contributed by atoms with Gasteiger partial charge in [-0.2, -0.15) is 0 Å². The molecule has 0 unspecified atom stereocenters. The second-order valence-corrected chi connectivity index (χ2v) is 8.77. The molecule has 6 aromatic rings. The van der Waals surface area contributed by atoms with E-state index in [1.54, 1.807) is 49.1 Å². The number of nitrogens with two attached hydrogens (primary N) is 1. The number of amides is 1. The van der Waals surface area contributed by atoms with Crippen LogP contribution >= 0.6 is 0 Å². The number of carbonyl (C=O) groups is 1. The van der Waals surface area contributed by atoms with Gasteiger partial charge < -0.3 is 15.0 Å². The fourth-order valence-electron chi connectivity index (χ4n) is 4.47. The van der Waals surface area contributed by atoms with Gasteiger partial charge >= 0.3 is 6.01 Å². The molecule has 0 aliphatic rings. The number of anilines is 1. The van der Waals surface area contributed by atoms with E-state index in [2.05, 4.69) is 25.3 Å². The molecule has 3 aromatic carbocycles. The zero-order chi connectivity index (χ0) is 26.8. The van der Waals surface area contributed by atoms with Crippen LogP contribution in [0.15, 0.2) is 97.6 Å². The van der Waals surface area contributed by atoms with Crippen LogP contribution in [0.1, 0.15) is 21.6 Å². The summed E-state index contributed by atoms with van der Waals surface area (Å²) in [6.07, 6.45) is 6.35. The fraction of sp³-hybridized carbons (Fsp3) is 0.0345. The zero-order valence-corrected chi connectivity index (χ0v) is 20.6. The molecule has 0 saturated heterocycles. The zero-order valence-electron chi connectivity index (χ0n) is 20.6. The first-order valence-electron chi connectivity index (χ1n) is 12.1. The number of amidine groups is 1. The van der Waals surface area contributed by atoms with Gasteiger partial charge in [-0.05, 0) is 52.7 Å². The van der Waals surface area contributed by atoms with Crippen LogP contribution in [0.4, 0.5) is 5.95 Å². The molecule has 10 heteroatoms. The molecule has 0 atom stereocenters. The summed E-state index contributed by atoms with van der Waals surface area (Å²) in [6.45, 7) is 0.330. The lowest BCUT2D eigenvalue weighted by molar-refractivity contribution is 0.101. The lowest BCUT2D eigenvalue weighted by Crippen LogP contribution is -2.19. The van der Waals surface area contributed by atoms with Gasteiger partial charge in [0.15, 0.2) is 0 Å². The van der Waals surface area contributed by atoms with Crippen LogP contribution in [0.25, 0.3) is 21.7 Å². The van der Waals surface area contributed by atoms with E-state index in [1.165, 1.54) is 0 Å². The van der Waals surface area contributed by atoms with Crippen LogP contribution in [0.2, 0.25) is 0 Å². The maximum absolute atomic E-state index is 13.5. The number of nitrogens with zero attached hydrogens (tertiary/aromatic N) is 5. The molecule has 1 amide bonds. The Morgan fingerprint density at radius 2 is 1.62 bits per heavy atom. The molecule has 39 heavy (non-hydrogen) atoms. The first kappa shape index (κ1) is 23.7. The van der Waals surface area contributed by atoms with Gasteiger partial charge in [0.1, 0.15) is 17.3 Å². The van der Waals surface area contributed by atoms with Crippen molar-refractivity contribution >= 4 is 39.4 Å². The van der Waals surface area contributed by atoms with E-state index in [0.29, 0.717) is 23.6 Å². The molecule has 3 aromatic heterocycles. The van der Waals surface area contributed by atoms with E-state index in [-0.39, 0.29) is 23.7 Å². The van der Waals surface area contributed by atoms with Gasteiger partial charge in [-0.1, -0.05) is 36.4 Å². The highest BCUT2D eigenvalue weighted by atomic mass is 16.5. The Balaban J connectivity index is 1.48. The lowest BCUT2D eigenvalue weighted by atomic mass is 10.0. The number of nitrogen functional groups attached to an aromatic ring is 1. The summed E-state index contributed by atoms with van der Waals surface area (Å²) >= 11 is 0. The maximum Gasteiger partial charge on any atom is 0.321 e. The Morgan fingerprint density at radius 1 is 0.872 bits per heavy atom. The van der Waals surface area contributed by atoms with Gasteiger partial charge in [-0.25, -0.2) is 19.9 Å². The van der Waals surface area contributed by atoms with Crippen LogP contribution in [-0.2, 0) is 6.54 Å². The van der Waals surface area contributed by atoms with Crippen molar-refractivity contribution in [2.75, 3.05) is 5.32 Å². The van der Waals surface area contributed by atoms with Gasteiger partial charge in [0.05, 0.1) is 0 Å². The smallest absolute Gasteiger partial charge is 0.321 e. The summed E-state index contributed by atoms with van der Waals surface area (Å²) in [5, 5.41) is 13.5. The summed E-state index contributed by atoms with van der Waals surface area (Å²) in [7, 11) is 0. The highest BCUT2D eigenvalue weighted by molar-refractivity contribution is 6.07. The SMILES string of the molecule is N=C(N)c1ccc2cc(C(=O)Nc3ncccn3)n(Cc3cc(Oc4ncccn4)cc4ccccc34)c2c1. The van der Waals surface area contributed by atoms with Crippen LogP contribution in [0.5, 0.6) is 11.8 Å². The number of hydrogen-bond donors (Lipinski definition) is 3. The Morgan fingerprint density at radius 3 is 2.38 bits per heavy atom. The van der Waals surface area contributed by atoms with E-state index in [4.69, 9.17) is 15.9 Å². The van der Waals surface area contributed by atoms with E-state index in [9.17, 15) is 4.79 Å². The van der Waals surface area contributed by atoms with Crippen molar-refractivity contribution in [3.63, 3.8) is 0 Å². The van der Waals surface area contributed by atoms with Gasteiger partial charge in [-0.3, -0.25) is 15.5 Å².